The van der Waals surface area contributed by atoms with Gasteiger partial charge in [-0.1, -0.05) is 19.9 Å². The van der Waals surface area contributed by atoms with E-state index in [1.54, 1.807) is 0 Å². The highest BCUT2D eigenvalue weighted by atomic mass is 15.3. The van der Waals surface area contributed by atoms with Crippen molar-refractivity contribution in [2.45, 2.75) is 26.7 Å². The van der Waals surface area contributed by atoms with E-state index in [0.29, 0.717) is 0 Å². The van der Waals surface area contributed by atoms with Crippen LogP contribution in [0.5, 0.6) is 0 Å². The molecule has 9 heavy (non-hydrogen) atoms. The van der Waals surface area contributed by atoms with Gasteiger partial charge < -0.3 is 5.43 Å². The Hall–Kier alpha value is -0.500. The summed E-state index contributed by atoms with van der Waals surface area (Å²) in [4.78, 5) is 0. The molecule has 0 aliphatic heterocycles. The molecule has 0 spiro atoms. The molecule has 0 aromatic carbocycles. The molecule has 0 saturated carbocycles. The Morgan fingerprint density at radius 3 is 2.67 bits per heavy atom. The second-order valence-corrected chi connectivity index (χ2v) is 1.88. The molecular weight excluding hydrogens is 112 g/mol. The van der Waals surface area contributed by atoms with Crippen LogP contribution in [0.2, 0.25) is 0 Å². The van der Waals surface area contributed by atoms with Crippen LogP contribution in [0, 0.1) is 0 Å². The van der Waals surface area contributed by atoms with E-state index in [0.717, 1.165) is 19.4 Å². The van der Waals surface area contributed by atoms with Gasteiger partial charge in [-0.3, -0.25) is 0 Å². The first-order chi connectivity index (χ1) is 4.41. The lowest BCUT2D eigenvalue weighted by Crippen LogP contribution is -2.26. The molecule has 54 valence electrons. The third kappa shape index (κ3) is 7.50. The van der Waals surface area contributed by atoms with Gasteiger partial charge in [-0.15, -0.1) is 0 Å². The fourth-order valence-corrected chi connectivity index (χ4v) is 0.433. The first-order valence-electron chi connectivity index (χ1n) is 3.55. The first kappa shape index (κ1) is 8.50. The van der Waals surface area contributed by atoms with Gasteiger partial charge in [0.05, 0.1) is 0 Å². The van der Waals surface area contributed by atoms with Crippen LogP contribution >= 0.6 is 0 Å². The number of hydrogen-bond donors (Lipinski definition) is 2. The third-order valence-corrected chi connectivity index (χ3v) is 0.914. The zero-order chi connectivity index (χ0) is 6.95. The highest BCUT2D eigenvalue weighted by molar-refractivity contribution is 4.75. The summed E-state index contributed by atoms with van der Waals surface area (Å²) in [7, 11) is 0. The molecule has 0 rings (SSSR count). The zero-order valence-corrected chi connectivity index (χ0v) is 6.28. The lowest BCUT2D eigenvalue weighted by atomic mass is 10.5. The smallest absolute Gasteiger partial charge is 0.0145 e. The van der Waals surface area contributed by atoms with E-state index < -0.39 is 0 Å². The van der Waals surface area contributed by atoms with E-state index in [1.807, 2.05) is 6.20 Å². The largest absolute Gasteiger partial charge is 0.329 e. The molecular formula is C7H16N2. The molecule has 0 atom stereocenters. The number of allylic oxidation sites excluding steroid dienone is 1. The second-order valence-electron chi connectivity index (χ2n) is 1.88. The van der Waals surface area contributed by atoms with E-state index >= 15 is 0 Å². The van der Waals surface area contributed by atoms with E-state index in [4.69, 9.17) is 0 Å². The quantitative estimate of drug-likeness (QED) is 0.432. The summed E-state index contributed by atoms with van der Waals surface area (Å²) in [5, 5.41) is 0. The van der Waals surface area contributed by atoms with Crippen LogP contribution in [0.4, 0.5) is 0 Å². The third-order valence-electron chi connectivity index (χ3n) is 0.914. The van der Waals surface area contributed by atoms with Crippen molar-refractivity contribution in [1.82, 2.24) is 10.9 Å². The lowest BCUT2D eigenvalue weighted by Gasteiger charge is -1.98. The molecule has 0 aliphatic carbocycles. The summed E-state index contributed by atoms with van der Waals surface area (Å²) in [5.74, 6) is 0. The first-order valence-corrected chi connectivity index (χ1v) is 3.55. The van der Waals surface area contributed by atoms with Crippen LogP contribution in [0.25, 0.3) is 0 Å². The molecule has 0 bridgehead atoms. The molecule has 2 N–H and O–H groups in total. The summed E-state index contributed by atoms with van der Waals surface area (Å²) < 4.78 is 0. The second kappa shape index (κ2) is 7.50. The Bertz CT molecular complexity index is 69.3. The van der Waals surface area contributed by atoms with Crippen molar-refractivity contribution in [3.05, 3.63) is 12.3 Å². The molecule has 0 aromatic heterocycles. The van der Waals surface area contributed by atoms with Crippen LogP contribution in [-0.4, -0.2) is 6.54 Å². The van der Waals surface area contributed by atoms with Gasteiger partial charge in [-0.2, -0.15) is 0 Å². The molecule has 0 aromatic rings. The molecule has 0 aliphatic rings. The number of hydrazine groups is 1. The fraction of sp³-hybridized carbons (Fsp3) is 0.714. The zero-order valence-electron chi connectivity index (χ0n) is 6.28. The van der Waals surface area contributed by atoms with E-state index in [1.165, 1.54) is 0 Å². The predicted molar refractivity (Wildman–Crippen MR) is 40.9 cm³/mol. The maximum atomic E-state index is 3.03. The predicted octanol–water partition coefficient (Wildman–Crippen LogP) is 1.41. The molecule has 0 fully saturated rings. The molecule has 0 radical (unpaired) electrons. The van der Waals surface area contributed by atoms with E-state index in [2.05, 4.69) is 30.8 Å². The summed E-state index contributed by atoms with van der Waals surface area (Å²) in [6, 6.07) is 0. The number of nitrogens with one attached hydrogen (secondary N) is 2. The number of rotatable bonds is 5. The highest BCUT2D eigenvalue weighted by Crippen LogP contribution is 1.73. The minimum atomic E-state index is 1.02. The summed E-state index contributed by atoms with van der Waals surface area (Å²) in [5.41, 5.74) is 5.99. The minimum Gasteiger partial charge on any atom is -0.329 e. The van der Waals surface area contributed by atoms with Crippen molar-refractivity contribution in [2.75, 3.05) is 6.54 Å². The maximum Gasteiger partial charge on any atom is 0.0145 e. The van der Waals surface area contributed by atoms with Gasteiger partial charge in [0.2, 0.25) is 0 Å². The minimum absolute atomic E-state index is 1.02. The summed E-state index contributed by atoms with van der Waals surface area (Å²) in [6.07, 6.45) is 6.24. The van der Waals surface area contributed by atoms with Crippen LogP contribution < -0.4 is 10.9 Å². The summed E-state index contributed by atoms with van der Waals surface area (Å²) in [6.45, 7) is 5.27. The van der Waals surface area contributed by atoms with Gasteiger partial charge in [0.15, 0.2) is 0 Å². The van der Waals surface area contributed by atoms with Crippen LogP contribution in [0.3, 0.4) is 0 Å². The van der Waals surface area contributed by atoms with Crippen molar-refractivity contribution < 1.29 is 0 Å². The molecule has 0 saturated heterocycles. The molecule has 0 amide bonds. The Morgan fingerprint density at radius 2 is 2.11 bits per heavy atom. The molecule has 0 heterocycles. The fourth-order valence-electron chi connectivity index (χ4n) is 0.433. The topological polar surface area (TPSA) is 24.1 Å². The van der Waals surface area contributed by atoms with Crippen molar-refractivity contribution in [3.63, 3.8) is 0 Å². The van der Waals surface area contributed by atoms with E-state index in [9.17, 15) is 0 Å². The van der Waals surface area contributed by atoms with Crippen molar-refractivity contribution in [2.24, 2.45) is 0 Å². The van der Waals surface area contributed by atoms with Gasteiger partial charge in [0, 0.05) is 12.7 Å². The molecule has 2 heteroatoms. The molecule has 0 unspecified atom stereocenters. The van der Waals surface area contributed by atoms with Gasteiger partial charge in [-0.05, 0) is 12.8 Å². The van der Waals surface area contributed by atoms with E-state index in [-0.39, 0.29) is 0 Å². The number of hydrogen-bond acceptors (Lipinski definition) is 2. The van der Waals surface area contributed by atoms with Crippen molar-refractivity contribution in [1.29, 1.82) is 0 Å². The van der Waals surface area contributed by atoms with Crippen LogP contribution in [-0.2, 0) is 0 Å². The Labute approximate surface area is 57.3 Å². The van der Waals surface area contributed by atoms with Gasteiger partial charge in [-0.25, -0.2) is 5.43 Å². The van der Waals surface area contributed by atoms with Gasteiger partial charge in [0.25, 0.3) is 0 Å². The Balaban J connectivity index is 2.82. The lowest BCUT2D eigenvalue weighted by molar-refractivity contribution is 0.616. The average molecular weight is 128 g/mol. The van der Waals surface area contributed by atoms with Gasteiger partial charge >= 0.3 is 0 Å². The standard InChI is InChI=1S/C7H16N2/c1-3-5-7-9-8-6-4-2/h5,7-9H,3-4,6H2,1-2H3/b7-5-. The molecule has 2 nitrogen and oxygen atoms in total. The highest BCUT2D eigenvalue weighted by Gasteiger charge is 1.73. The van der Waals surface area contributed by atoms with Crippen LogP contribution in [0.1, 0.15) is 26.7 Å². The van der Waals surface area contributed by atoms with Crippen molar-refractivity contribution in [3.8, 4) is 0 Å². The van der Waals surface area contributed by atoms with Gasteiger partial charge in [0.1, 0.15) is 0 Å². The Morgan fingerprint density at radius 1 is 1.33 bits per heavy atom. The normalized spacial score (nSPS) is 10.4. The maximum absolute atomic E-state index is 3.03. The average Bonchev–Trinajstić information content (AvgIpc) is 1.89. The summed E-state index contributed by atoms with van der Waals surface area (Å²) >= 11 is 0. The van der Waals surface area contributed by atoms with Crippen LogP contribution in [0.15, 0.2) is 12.3 Å². The Kier molecular flexibility index (Phi) is 7.08. The monoisotopic (exact) mass is 128 g/mol. The van der Waals surface area contributed by atoms with Crippen molar-refractivity contribution >= 4 is 0 Å². The SMILES string of the molecule is CC/C=C\NNCCC.